The van der Waals surface area contributed by atoms with Crippen molar-refractivity contribution in [2.24, 2.45) is 22.7 Å². The van der Waals surface area contributed by atoms with Crippen LogP contribution in [0.25, 0.3) is 10.8 Å². The maximum absolute atomic E-state index is 13.7. The molecule has 1 aromatic heterocycles. The van der Waals surface area contributed by atoms with Crippen LogP contribution >= 0.6 is 23.2 Å². The smallest absolute Gasteiger partial charge is 0.336 e. The molecule has 0 bridgehead atoms. The third-order valence-electron chi connectivity index (χ3n) is 7.99. The Morgan fingerprint density at radius 2 is 1.77 bits per heavy atom. The zero-order valence-electron chi connectivity index (χ0n) is 22.4. The van der Waals surface area contributed by atoms with Gasteiger partial charge in [0.05, 0.1) is 16.1 Å². The Labute approximate surface area is 239 Å². The van der Waals surface area contributed by atoms with Crippen LogP contribution in [-0.4, -0.2) is 52.4 Å². The molecule has 1 unspecified atom stereocenters. The molecule has 0 spiro atoms. The van der Waals surface area contributed by atoms with Crippen LogP contribution in [0.4, 0.5) is 13.2 Å². The van der Waals surface area contributed by atoms with E-state index >= 15 is 0 Å². The normalized spacial score (nSPS) is 23.1. The molecular formula is C27H28Cl2F3N5O3. The van der Waals surface area contributed by atoms with E-state index in [1.807, 2.05) is 25.2 Å². The molecule has 40 heavy (non-hydrogen) atoms. The fourth-order valence-corrected chi connectivity index (χ4v) is 6.06. The van der Waals surface area contributed by atoms with Crippen molar-refractivity contribution < 1.29 is 27.6 Å². The largest absolute Gasteiger partial charge is 0.471 e. The predicted molar refractivity (Wildman–Crippen MR) is 142 cm³/mol. The zero-order chi connectivity index (χ0) is 29.9. The number of rotatable bonds is 5. The molecule has 2 aliphatic rings. The van der Waals surface area contributed by atoms with Gasteiger partial charge in [0.1, 0.15) is 18.1 Å². The number of pyridine rings is 1. The van der Waals surface area contributed by atoms with Crippen LogP contribution in [-0.2, 0) is 14.4 Å². The second-order valence-corrected chi connectivity index (χ2v) is 12.7. The molecule has 2 heterocycles. The number of carbonyl (C=O) groups excluding carboxylic acids is 3. The summed E-state index contributed by atoms with van der Waals surface area (Å²) in [4.78, 5) is 44.6. The van der Waals surface area contributed by atoms with E-state index in [1.165, 1.54) is 38.1 Å². The van der Waals surface area contributed by atoms with Crippen LogP contribution in [0.5, 0.6) is 0 Å². The average molecular weight is 598 g/mol. The molecule has 214 valence electrons. The number of halogens is 5. The highest BCUT2D eigenvalue weighted by molar-refractivity contribution is 6.45. The van der Waals surface area contributed by atoms with Gasteiger partial charge in [-0.05, 0) is 34.1 Å². The molecule has 1 aliphatic heterocycles. The van der Waals surface area contributed by atoms with Gasteiger partial charge < -0.3 is 15.5 Å². The van der Waals surface area contributed by atoms with Gasteiger partial charge in [0.2, 0.25) is 11.8 Å². The number of amides is 3. The van der Waals surface area contributed by atoms with Crippen molar-refractivity contribution in [3.8, 4) is 6.07 Å². The lowest BCUT2D eigenvalue weighted by Gasteiger charge is -2.37. The van der Waals surface area contributed by atoms with Crippen LogP contribution in [0, 0.1) is 34.0 Å². The Balaban J connectivity index is 1.65. The summed E-state index contributed by atoms with van der Waals surface area (Å²) in [5.41, 5.74) is -1.04. The van der Waals surface area contributed by atoms with Crippen molar-refractivity contribution in [1.82, 2.24) is 20.5 Å². The molecule has 5 atom stereocenters. The van der Waals surface area contributed by atoms with Crippen molar-refractivity contribution in [3.05, 3.63) is 40.1 Å². The number of nitrogens with zero attached hydrogens (tertiary/aromatic N) is 3. The predicted octanol–water partition coefficient (Wildman–Crippen LogP) is 4.80. The van der Waals surface area contributed by atoms with E-state index in [0.29, 0.717) is 21.4 Å². The third-order valence-corrected chi connectivity index (χ3v) is 8.81. The second kappa shape index (κ2) is 10.1. The Morgan fingerprint density at radius 1 is 1.12 bits per heavy atom. The van der Waals surface area contributed by atoms with Gasteiger partial charge in [-0.15, -0.1) is 0 Å². The molecule has 2 aromatic rings. The van der Waals surface area contributed by atoms with Crippen LogP contribution in [0.15, 0.2) is 24.5 Å². The van der Waals surface area contributed by atoms with Gasteiger partial charge in [0, 0.05) is 29.9 Å². The number of aromatic nitrogens is 1. The molecule has 1 aromatic carbocycles. The lowest BCUT2D eigenvalue weighted by Crippen LogP contribution is -2.60. The minimum atomic E-state index is -5.19. The lowest BCUT2D eigenvalue weighted by atomic mass is 9.85. The fraction of sp³-hybridized carbons (Fsp3) is 0.519. The number of alkyl halides is 3. The highest BCUT2D eigenvalue weighted by Crippen LogP contribution is 2.65. The molecule has 2 fully saturated rings. The molecule has 8 nitrogen and oxygen atoms in total. The maximum atomic E-state index is 13.7. The summed E-state index contributed by atoms with van der Waals surface area (Å²) in [5, 5.41) is 16.1. The first kappa shape index (κ1) is 29.9. The molecule has 1 saturated heterocycles. The second-order valence-electron chi connectivity index (χ2n) is 11.9. The summed E-state index contributed by atoms with van der Waals surface area (Å²) < 4.78 is 39.2. The lowest BCUT2D eigenvalue weighted by molar-refractivity contribution is -0.176. The van der Waals surface area contributed by atoms with Crippen molar-refractivity contribution >= 4 is 51.7 Å². The van der Waals surface area contributed by atoms with E-state index in [4.69, 9.17) is 23.2 Å². The van der Waals surface area contributed by atoms with Crippen LogP contribution in [0.1, 0.15) is 46.2 Å². The summed E-state index contributed by atoms with van der Waals surface area (Å²) in [5.74, 6) is -4.03. The quantitative estimate of drug-likeness (QED) is 0.514. The highest BCUT2D eigenvalue weighted by Gasteiger charge is 2.70. The van der Waals surface area contributed by atoms with Gasteiger partial charge in [-0.3, -0.25) is 19.4 Å². The summed E-state index contributed by atoms with van der Waals surface area (Å²) in [6.07, 6.45) is -2.28. The van der Waals surface area contributed by atoms with E-state index < -0.39 is 47.4 Å². The van der Waals surface area contributed by atoms with Gasteiger partial charge in [-0.1, -0.05) is 63.9 Å². The minimum Gasteiger partial charge on any atom is -0.336 e. The summed E-state index contributed by atoms with van der Waals surface area (Å²) in [7, 11) is 0. The molecule has 2 N–H and O–H groups in total. The zero-order valence-corrected chi connectivity index (χ0v) is 23.9. The first-order chi connectivity index (χ1) is 18.4. The summed E-state index contributed by atoms with van der Waals surface area (Å²) >= 11 is 12.4. The number of hydrogen-bond donors (Lipinski definition) is 2. The fourth-order valence-electron chi connectivity index (χ4n) is 5.68. The summed E-state index contributed by atoms with van der Waals surface area (Å²) in [6, 6.07) is 1.48. The maximum Gasteiger partial charge on any atom is 0.471 e. The Morgan fingerprint density at radius 3 is 2.35 bits per heavy atom. The molecule has 1 saturated carbocycles. The third kappa shape index (κ3) is 5.19. The van der Waals surface area contributed by atoms with E-state index in [1.54, 1.807) is 12.1 Å². The minimum absolute atomic E-state index is 0.0770. The number of carbonyl (C=O) groups is 3. The van der Waals surface area contributed by atoms with Crippen LogP contribution in [0.3, 0.4) is 0 Å². The molecular weight excluding hydrogens is 570 g/mol. The number of likely N-dealkylation sites (tertiary alicyclic amines) is 1. The number of fused-ring (bicyclic) bond motifs is 2. The van der Waals surface area contributed by atoms with E-state index in [2.05, 4.69) is 10.3 Å². The monoisotopic (exact) mass is 597 g/mol. The topological polar surface area (TPSA) is 115 Å². The number of hydrogen-bond acceptors (Lipinski definition) is 5. The van der Waals surface area contributed by atoms with Gasteiger partial charge in [-0.2, -0.15) is 18.4 Å². The van der Waals surface area contributed by atoms with Gasteiger partial charge in [-0.25, -0.2) is 0 Å². The van der Waals surface area contributed by atoms with Gasteiger partial charge in [0.15, 0.2) is 0 Å². The van der Waals surface area contributed by atoms with Gasteiger partial charge in [0.25, 0.3) is 0 Å². The van der Waals surface area contributed by atoms with Crippen molar-refractivity contribution in [2.75, 3.05) is 6.54 Å². The molecule has 4 rings (SSSR count). The number of nitriles is 1. The van der Waals surface area contributed by atoms with Crippen LogP contribution < -0.4 is 10.6 Å². The van der Waals surface area contributed by atoms with E-state index in [0.717, 1.165) is 0 Å². The molecule has 13 heteroatoms. The molecule has 0 radical (unpaired) electrons. The van der Waals surface area contributed by atoms with E-state index in [9.17, 15) is 32.8 Å². The number of benzene rings is 1. The molecule has 3 amide bonds. The Kier molecular flexibility index (Phi) is 7.52. The molecule has 1 aliphatic carbocycles. The van der Waals surface area contributed by atoms with Gasteiger partial charge >= 0.3 is 12.1 Å². The van der Waals surface area contributed by atoms with Crippen molar-refractivity contribution in [2.45, 2.75) is 58.9 Å². The Bertz CT molecular complexity index is 1430. The average Bonchev–Trinajstić information content (AvgIpc) is 3.18. The van der Waals surface area contributed by atoms with E-state index in [-0.39, 0.29) is 28.8 Å². The number of nitrogens with one attached hydrogen (secondary N) is 2. The van der Waals surface area contributed by atoms with Crippen LogP contribution in [0.2, 0.25) is 10.0 Å². The highest BCUT2D eigenvalue weighted by atomic mass is 35.5. The Hall–Kier alpha value is -3.10. The standard InChI is InChI=1S/C27H28Cl2F3N5O3/c1-25(2,3)21(36-24(40)27(30,31)32)23(39)37-11-15-18(26(15,4)5)20(37)22(38)35-17(8-33)13-9-34-10-14-12(13)6-7-16(28)19(14)29/h6-7,9-10,15,17-18,20-21H,11H2,1-5H3,(H,35,38)(H,36,40)/t15-,17?,18-,20-,21+/m0/s1. The van der Waals surface area contributed by atoms with Crippen molar-refractivity contribution in [3.63, 3.8) is 0 Å². The first-order valence-electron chi connectivity index (χ1n) is 12.5. The first-order valence-corrected chi connectivity index (χ1v) is 13.3. The van der Waals surface area contributed by atoms with Crippen molar-refractivity contribution in [1.29, 1.82) is 5.26 Å². The summed E-state index contributed by atoms with van der Waals surface area (Å²) in [6.45, 7) is 8.60. The SMILES string of the molecule is CC(C)(C)[C@H](NC(=O)C(F)(F)F)C(=O)N1C[C@H]2[C@@H]([C@H]1C(=O)NC(C#N)c1cncc3c(Cl)c(Cl)ccc13)C2(C)C. The number of piperidine rings is 1.